The van der Waals surface area contributed by atoms with Gasteiger partial charge in [-0.2, -0.15) is 0 Å². The zero-order valence-electron chi connectivity index (χ0n) is 14.9. The third kappa shape index (κ3) is 5.22. The molecule has 0 aliphatic heterocycles. The number of nitrogens with one attached hydrogen (secondary N) is 1. The van der Waals surface area contributed by atoms with E-state index < -0.39 is 10.0 Å². The van der Waals surface area contributed by atoms with Gasteiger partial charge in [0.25, 0.3) is 15.9 Å². The quantitative estimate of drug-likeness (QED) is 0.721. The average Bonchev–Trinajstić information content (AvgIpc) is 2.64. The number of hydrogen-bond acceptors (Lipinski definition) is 3. The van der Waals surface area contributed by atoms with Crippen molar-refractivity contribution < 1.29 is 13.2 Å². The van der Waals surface area contributed by atoms with Gasteiger partial charge in [0.15, 0.2) is 0 Å². The Labute approximate surface area is 160 Å². The number of unbranched alkanes of at least 4 members (excludes halogenated alkanes) is 1. The molecule has 0 saturated heterocycles. The Morgan fingerprint density at radius 1 is 1.04 bits per heavy atom. The molecule has 0 aliphatic rings. The molecule has 0 saturated carbocycles. The predicted molar refractivity (Wildman–Crippen MR) is 105 cm³/mol. The molecule has 0 heterocycles. The van der Waals surface area contributed by atoms with Gasteiger partial charge in [-0.25, -0.2) is 8.42 Å². The summed E-state index contributed by atoms with van der Waals surface area (Å²) in [6, 6.07) is 12.4. The SMILES string of the molecule is CCCCN(CC)C(=O)c1ccc(S(=O)(=O)Nc2ccc(Cl)cc2)cc1. The van der Waals surface area contributed by atoms with Crippen LogP contribution in [0.15, 0.2) is 53.4 Å². The van der Waals surface area contributed by atoms with Crippen LogP contribution in [0.3, 0.4) is 0 Å². The summed E-state index contributed by atoms with van der Waals surface area (Å²) in [6.07, 6.45) is 1.95. The molecule has 1 N–H and O–H groups in total. The Balaban J connectivity index is 2.14. The molecule has 140 valence electrons. The second-order valence-electron chi connectivity index (χ2n) is 5.88. The summed E-state index contributed by atoms with van der Waals surface area (Å²) < 4.78 is 27.4. The normalized spacial score (nSPS) is 11.2. The lowest BCUT2D eigenvalue weighted by Crippen LogP contribution is -2.31. The molecular weight excluding hydrogens is 372 g/mol. The van der Waals surface area contributed by atoms with Gasteiger partial charge < -0.3 is 4.90 Å². The largest absolute Gasteiger partial charge is 0.339 e. The van der Waals surface area contributed by atoms with Crippen LogP contribution in [0.5, 0.6) is 0 Å². The molecule has 7 heteroatoms. The van der Waals surface area contributed by atoms with Gasteiger partial charge in [-0.3, -0.25) is 9.52 Å². The van der Waals surface area contributed by atoms with Crippen molar-refractivity contribution in [1.82, 2.24) is 4.90 Å². The van der Waals surface area contributed by atoms with Crippen molar-refractivity contribution in [2.75, 3.05) is 17.8 Å². The summed E-state index contributed by atoms with van der Waals surface area (Å²) in [5.41, 5.74) is 0.902. The number of rotatable bonds is 8. The summed E-state index contributed by atoms with van der Waals surface area (Å²) in [6.45, 7) is 5.33. The second kappa shape index (κ2) is 9.05. The molecular formula is C19H23ClN2O3S. The highest BCUT2D eigenvalue weighted by Gasteiger charge is 2.17. The zero-order valence-corrected chi connectivity index (χ0v) is 16.5. The van der Waals surface area contributed by atoms with E-state index in [9.17, 15) is 13.2 Å². The van der Waals surface area contributed by atoms with Crippen LogP contribution in [-0.4, -0.2) is 32.3 Å². The highest BCUT2D eigenvalue weighted by Crippen LogP contribution is 2.19. The number of carbonyl (C=O) groups excluding carboxylic acids is 1. The monoisotopic (exact) mass is 394 g/mol. The van der Waals surface area contributed by atoms with Gasteiger partial charge in [-0.15, -0.1) is 0 Å². The van der Waals surface area contributed by atoms with Gasteiger partial charge in [-0.05, 0) is 61.9 Å². The first-order chi connectivity index (χ1) is 12.4. The smallest absolute Gasteiger partial charge is 0.261 e. The lowest BCUT2D eigenvalue weighted by atomic mass is 10.2. The molecule has 1 amide bonds. The summed E-state index contributed by atoms with van der Waals surface area (Å²) in [5, 5.41) is 0.527. The maximum absolute atomic E-state index is 12.5. The maximum Gasteiger partial charge on any atom is 0.261 e. The third-order valence-electron chi connectivity index (χ3n) is 3.96. The third-order valence-corrected chi connectivity index (χ3v) is 5.61. The van der Waals surface area contributed by atoms with Crippen molar-refractivity contribution in [3.05, 3.63) is 59.1 Å². The molecule has 2 rings (SSSR count). The van der Waals surface area contributed by atoms with Gasteiger partial charge in [0.05, 0.1) is 4.90 Å². The van der Waals surface area contributed by atoms with Crippen LogP contribution < -0.4 is 4.72 Å². The number of nitrogens with zero attached hydrogens (tertiary/aromatic N) is 1. The Kier molecular flexibility index (Phi) is 7.06. The number of halogens is 1. The fourth-order valence-corrected chi connectivity index (χ4v) is 3.63. The van der Waals surface area contributed by atoms with Crippen LogP contribution in [0, 0.1) is 0 Å². The first-order valence-electron chi connectivity index (χ1n) is 8.55. The van der Waals surface area contributed by atoms with Crippen molar-refractivity contribution in [2.24, 2.45) is 0 Å². The highest BCUT2D eigenvalue weighted by molar-refractivity contribution is 7.92. The van der Waals surface area contributed by atoms with Crippen LogP contribution in [0.2, 0.25) is 5.02 Å². The Hall–Kier alpha value is -2.05. The number of anilines is 1. The fraction of sp³-hybridized carbons (Fsp3) is 0.316. The van der Waals surface area contributed by atoms with Crippen LogP contribution in [0.25, 0.3) is 0 Å². The number of amides is 1. The molecule has 0 atom stereocenters. The van der Waals surface area contributed by atoms with E-state index >= 15 is 0 Å². The van der Waals surface area contributed by atoms with Crippen LogP contribution in [0.4, 0.5) is 5.69 Å². The van der Waals surface area contributed by atoms with Crippen molar-refractivity contribution in [3.8, 4) is 0 Å². The maximum atomic E-state index is 12.5. The molecule has 2 aromatic carbocycles. The molecule has 0 aromatic heterocycles. The van der Waals surface area contributed by atoms with Gasteiger partial charge in [-0.1, -0.05) is 24.9 Å². The van der Waals surface area contributed by atoms with E-state index in [0.717, 1.165) is 12.8 Å². The van der Waals surface area contributed by atoms with E-state index in [1.54, 1.807) is 41.3 Å². The van der Waals surface area contributed by atoms with Gasteiger partial charge in [0.1, 0.15) is 0 Å². The predicted octanol–water partition coefficient (Wildman–Crippen LogP) is 4.40. The van der Waals surface area contributed by atoms with Gasteiger partial charge >= 0.3 is 0 Å². The molecule has 2 aromatic rings. The summed E-state index contributed by atoms with van der Waals surface area (Å²) in [4.78, 5) is 14.4. The van der Waals surface area contributed by atoms with Crippen LogP contribution in [-0.2, 0) is 10.0 Å². The minimum Gasteiger partial charge on any atom is -0.339 e. The van der Waals surface area contributed by atoms with Gasteiger partial charge in [0.2, 0.25) is 0 Å². The molecule has 0 unspecified atom stereocenters. The average molecular weight is 395 g/mol. The second-order valence-corrected chi connectivity index (χ2v) is 7.99. The van der Waals surface area contributed by atoms with Crippen molar-refractivity contribution in [1.29, 1.82) is 0 Å². The highest BCUT2D eigenvalue weighted by atomic mass is 35.5. The standard InChI is InChI=1S/C19H23ClN2O3S/c1-3-5-14-22(4-2)19(23)15-6-12-18(13-7-15)26(24,25)21-17-10-8-16(20)9-11-17/h6-13,21H,3-5,14H2,1-2H3. The lowest BCUT2D eigenvalue weighted by Gasteiger charge is -2.20. The molecule has 26 heavy (non-hydrogen) atoms. The number of carbonyl (C=O) groups is 1. The van der Waals surface area contributed by atoms with Crippen molar-refractivity contribution >= 4 is 33.2 Å². The summed E-state index contributed by atoms with van der Waals surface area (Å²) in [5.74, 6) is -0.0874. The van der Waals surface area contributed by atoms with E-state index in [-0.39, 0.29) is 10.8 Å². The number of benzene rings is 2. The van der Waals surface area contributed by atoms with E-state index in [1.807, 2.05) is 6.92 Å². The van der Waals surface area contributed by atoms with Crippen LogP contribution >= 0.6 is 11.6 Å². The zero-order chi connectivity index (χ0) is 19.2. The first kappa shape index (κ1) is 20.3. The Morgan fingerprint density at radius 3 is 2.19 bits per heavy atom. The number of sulfonamides is 1. The topological polar surface area (TPSA) is 66.5 Å². The minimum atomic E-state index is -3.73. The van der Waals surface area contributed by atoms with E-state index in [4.69, 9.17) is 11.6 Å². The molecule has 5 nitrogen and oxygen atoms in total. The molecule has 0 bridgehead atoms. The van der Waals surface area contributed by atoms with E-state index in [2.05, 4.69) is 11.6 Å². The molecule has 0 aliphatic carbocycles. The van der Waals surface area contributed by atoms with E-state index in [0.29, 0.717) is 29.4 Å². The lowest BCUT2D eigenvalue weighted by molar-refractivity contribution is 0.0762. The Bertz CT molecular complexity index is 834. The van der Waals surface area contributed by atoms with E-state index in [1.165, 1.54) is 12.1 Å². The number of hydrogen-bond donors (Lipinski definition) is 1. The Morgan fingerprint density at radius 2 is 1.65 bits per heavy atom. The summed E-state index contributed by atoms with van der Waals surface area (Å²) in [7, 11) is -3.73. The van der Waals surface area contributed by atoms with Crippen molar-refractivity contribution in [3.63, 3.8) is 0 Å². The first-order valence-corrected chi connectivity index (χ1v) is 10.4. The molecule has 0 radical (unpaired) electrons. The minimum absolute atomic E-state index is 0.0874. The summed E-state index contributed by atoms with van der Waals surface area (Å²) >= 11 is 5.80. The van der Waals surface area contributed by atoms with Crippen molar-refractivity contribution in [2.45, 2.75) is 31.6 Å². The molecule has 0 spiro atoms. The van der Waals surface area contributed by atoms with Crippen LogP contribution in [0.1, 0.15) is 37.0 Å². The fourth-order valence-electron chi connectivity index (χ4n) is 2.44. The molecule has 0 fully saturated rings. The van der Waals surface area contributed by atoms with Gasteiger partial charge in [0, 0.05) is 29.4 Å².